The quantitative estimate of drug-likeness (QED) is 0.372. The fraction of sp³-hybridized carbons (Fsp3) is 0.543. The minimum absolute atomic E-state index is 0.00683. The van der Waals surface area contributed by atoms with Crippen molar-refractivity contribution in [1.29, 1.82) is 0 Å². The summed E-state index contributed by atoms with van der Waals surface area (Å²) < 4.78 is 17.7. The molecular formula is C35H43ClN2O6. The van der Waals surface area contributed by atoms with Crippen molar-refractivity contribution in [3.05, 3.63) is 70.3 Å². The Hall–Kier alpha value is -3.07. The van der Waals surface area contributed by atoms with Gasteiger partial charge in [0.25, 0.3) is 0 Å². The molecule has 2 aliphatic carbocycles. The second-order valence-electron chi connectivity index (χ2n) is 13.0. The van der Waals surface area contributed by atoms with Crippen LogP contribution in [0.15, 0.2) is 48.6 Å². The molecule has 1 N–H and O–H groups in total. The molecule has 9 heteroatoms. The SMILES string of the molecule is COC(=O)[C@]1(O)CC(=O)N(C)CC/C=C/C(OC)[C@@H]2CC[C@H]2CN2C[C@@]3(CCCc4cc(Cl)ccc43)COc3ccc1cc32. The van der Waals surface area contributed by atoms with Crippen LogP contribution in [-0.4, -0.2) is 75.5 Å². The van der Waals surface area contributed by atoms with E-state index in [0.29, 0.717) is 49.3 Å². The van der Waals surface area contributed by atoms with Crippen molar-refractivity contribution >= 4 is 29.2 Å². The van der Waals surface area contributed by atoms with E-state index in [4.69, 9.17) is 25.8 Å². The van der Waals surface area contributed by atoms with Gasteiger partial charge in [0.05, 0.1) is 31.9 Å². The summed E-state index contributed by atoms with van der Waals surface area (Å²) in [6.07, 6.45) is 9.58. The summed E-state index contributed by atoms with van der Waals surface area (Å²) in [7, 11) is 4.69. The number of halogens is 1. The standard InChI is InChI=1S/C35H43ClN2O6/c1-37-16-5-4-8-30(42-2)27-12-9-24(27)20-38-21-34(15-6-7-23-17-26(36)11-13-28(23)34)22-44-31-14-10-25(18-29(31)38)35(41,19-32(37)39)33(40)43-3/h4,8,10-11,13-14,17-18,24,27,30,41H,5-7,9,12,15-16,19-22H2,1-3H3/b8-4+/t24-,27+,30?,34-,35-/m0/s1. The topological polar surface area (TPSA) is 88.5 Å². The van der Waals surface area contributed by atoms with Crippen molar-refractivity contribution < 1.29 is 28.9 Å². The number of carbonyl (C=O) groups excluding carboxylic acids is 2. The number of rotatable bonds is 2. The molecule has 2 bridgehead atoms. The summed E-state index contributed by atoms with van der Waals surface area (Å²) in [6, 6.07) is 11.6. The highest BCUT2D eigenvalue weighted by Crippen LogP contribution is 2.47. The predicted octanol–water partition coefficient (Wildman–Crippen LogP) is 5.02. The minimum Gasteiger partial charge on any atom is -0.490 e. The third-order valence-corrected chi connectivity index (χ3v) is 10.7. The molecule has 1 saturated carbocycles. The maximum atomic E-state index is 13.3. The Balaban J connectivity index is 1.47. The van der Waals surface area contributed by atoms with E-state index in [2.05, 4.69) is 29.2 Å². The summed E-state index contributed by atoms with van der Waals surface area (Å²) >= 11 is 6.43. The average Bonchev–Trinajstić information content (AvgIpc) is 3.16. The maximum absolute atomic E-state index is 13.3. The third-order valence-electron chi connectivity index (χ3n) is 10.5. The third kappa shape index (κ3) is 5.61. The van der Waals surface area contributed by atoms with Crippen molar-refractivity contribution in [3.63, 3.8) is 0 Å². The fourth-order valence-electron chi connectivity index (χ4n) is 7.74. The van der Waals surface area contributed by atoms with Crippen LogP contribution in [0.3, 0.4) is 0 Å². The molecule has 2 aliphatic heterocycles. The fourth-order valence-corrected chi connectivity index (χ4v) is 7.94. The number of nitrogens with zero attached hydrogens (tertiary/aromatic N) is 2. The lowest BCUT2D eigenvalue weighted by atomic mass is 9.68. The monoisotopic (exact) mass is 622 g/mol. The molecule has 1 spiro atoms. The number of hydrogen-bond donors (Lipinski definition) is 1. The molecule has 44 heavy (non-hydrogen) atoms. The predicted molar refractivity (Wildman–Crippen MR) is 169 cm³/mol. The lowest BCUT2D eigenvalue weighted by molar-refractivity contribution is -0.168. The number of methoxy groups -OCH3 is 2. The molecule has 6 rings (SSSR count). The first-order valence-electron chi connectivity index (χ1n) is 15.7. The van der Waals surface area contributed by atoms with Crippen LogP contribution in [0.5, 0.6) is 5.75 Å². The van der Waals surface area contributed by atoms with E-state index in [9.17, 15) is 14.7 Å². The number of aryl methyl sites for hydroxylation is 1. The highest BCUT2D eigenvalue weighted by molar-refractivity contribution is 6.30. The Labute approximate surface area is 264 Å². The van der Waals surface area contributed by atoms with E-state index in [1.807, 2.05) is 18.2 Å². The molecule has 236 valence electrons. The van der Waals surface area contributed by atoms with Gasteiger partial charge in [0.2, 0.25) is 5.91 Å². The van der Waals surface area contributed by atoms with Crippen LogP contribution in [-0.2, 0) is 36.5 Å². The van der Waals surface area contributed by atoms with Crippen LogP contribution >= 0.6 is 11.6 Å². The highest BCUT2D eigenvalue weighted by atomic mass is 35.5. The van der Waals surface area contributed by atoms with Crippen LogP contribution in [0, 0.1) is 11.8 Å². The van der Waals surface area contributed by atoms with Gasteiger partial charge >= 0.3 is 5.97 Å². The van der Waals surface area contributed by atoms with Gasteiger partial charge in [-0.05, 0) is 91.3 Å². The highest BCUT2D eigenvalue weighted by Gasteiger charge is 2.46. The number of anilines is 1. The number of hydrogen-bond acceptors (Lipinski definition) is 7. The van der Waals surface area contributed by atoms with Crippen molar-refractivity contribution in [2.24, 2.45) is 11.8 Å². The van der Waals surface area contributed by atoms with Crippen molar-refractivity contribution in [2.45, 2.75) is 62.1 Å². The molecule has 1 amide bonds. The Morgan fingerprint density at radius 3 is 2.75 bits per heavy atom. The lowest BCUT2D eigenvalue weighted by Gasteiger charge is -2.46. The second-order valence-corrected chi connectivity index (χ2v) is 13.5. The molecule has 1 unspecified atom stereocenters. The summed E-state index contributed by atoms with van der Waals surface area (Å²) in [5.41, 5.74) is 1.27. The zero-order chi connectivity index (χ0) is 31.1. The Bertz CT molecular complexity index is 1450. The van der Waals surface area contributed by atoms with E-state index < -0.39 is 18.0 Å². The number of ether oxygens (including phenoxy) is 3. The molecule has 5 atom stereocenters. The summed E-state index contributed by atoms with van der Waals surface area (Å²) in [4.78, 5) is 30.4. The number of carbonyl (C=O) groups is 2. The maximum Gasteiger partial charge on any atom is 0.343 e. The molecule has 2 heterocycles. The largest absolute Gasteiger partial charge is 0.490 e. The molecule has 2 aromatic carbocycles. The van der Waals surface area contributed by atoms with E-state index >= 15 is 0 Å². The molecule has 1 fully saturated rings. The summed E-state index contributed by atoms with van der Waals surface area (Å²) in [5, 5.41) is 12.6. The van der Waals surface area contributed by atoms with Crippen LogP contribution in [0.2, 0.25) is 5.02 Å². The van der Waals surface area contributed by atoms with Crippen LogP contribution in [0.25, 0.3) is 0 Å². The molecule has 4 aliphatic rings. The molecule has 8 nitrogen and oxygen atoms in total. The van der Waals surface area contributed by atoms with E-state index in [0.717, 1.165) is 49.4 Å². The Kier molecular flexibility index (Phi) is 8.70. The lowest BCUT2D eigenvalue weighted by Crippen LogP contribution is -2.49. The minimum atomic E-state index is -2.15. The zero-order valence-electron chi connectivity index (χ0n) is 25.9. The first-order valence-corrected chi connectivity index (χ1v) is 16.1. The van der Waals surface area contributed by atoms with E-state index in [-0.39, 0.29) is 17.4 Å². The molecule has 2 aromatic rings. The van der Waals surface area contributed by atoms with Gasteiger partial charge in [0.15, 0.2) is 5.60 Å². The Morgan fingerprint density at radius 2 is 2.00 bits per heavy atom. The molecule has 0 saturated heterocycles. The number of esters is 1. The zero-order valence-corrected chi connectivity index (χ0v) is 26.6. The molecule has 0 radical (unpaired) electrons. The molecular weight excluding hydrogens is 580 g/mol. The van der Waals surface area contributed by atoms with Gasteiger partial charge in [0.1, 0.15) is 5.75 Å². The van der Waals surface area contributed by atoms with Gasteiger partial charge in [-0.2, -0.15) is 0 Å². The van der Waals surface area contributed by atoms with Gasteiger partial charge in [-0.1, -0.05) is 35.9 Å². The van der Waals surface area contributed by atoms with Crippen molar-refractivity contribution in [3.8, 4) is 5.75 Å². The van der Waals surface area contributed by atoms with E-state index in [1.165, 1.54) is 18.2 Å². The van der Waals surface area contributed by atoms with Gasteiger partial charge in [-0.3, -0.25) is 4.79 Å². The number of benzene rings is 2. The van der Waals surface area contributed by atoms with Crippen molar-refractivity contribution in [2.75, 3.05) is 52.4 Å². The average molecular weight is 623 g/mol. The number of amides is 1. The first kappa shape index (κ1) is 30.9. The summed E-state index contributed by atoms with van der Waals surface area (Å²) in [6.45, 7) is 2.46. The molecule has 0 aromatic heterocycles. The summed E-state index contributed by atoms with van der Waals surface area (Å²) in [5.74, 6) is 0.238. The van der Waals surface area contributed by atoms with Crippen LogP contribution in [0.4, 0.5) is 5.69 Å². The first-order chi connectivity index (χ1) is 21.2. The van der Waals surface area contributed by atoms with Gasteiger partial charge < -0.3 is 29.1 Å². The van der Waals surface area contributed by atoms with E-state index in [1.54, 1.807) is 25.1 Å². The van der Waals surface area contributed by atoms with Crippen LogP contribution < -0.4 is 9.64 Å². The number of fused-ring (bicyclic) bond motifs is 4. The normalized spacial score (nSPS) is 31.2. The van der Waals surface area contributed by atoms with Gasteiger partial charge in [-0.15, -0.1) is 0 Å². The van der Waals surface area contributed by atoms with Crippen molar-refractivity contribution in [1.82, 2.24) is 4.90 Å². The second kappa shape index (κ2) is 12.4. The number of aliphatic hydroxyl groups is 1. The van der Waals surface area contributed by atoms with Gasteiger partial charge in [0, 0.05) is 44.2 Å². The Morgan fingerprint density at radius 1 is 1.16 bits per heavy atom. The van der Waals surface area contributed by atoms with Gasteiger partial charge in [-0.25, -0.2) is 4.79 Å². The smallest absolute Gasteiger partial charge is 0.343 e. The van der Waals surface area contributed by atoms with Crippen LogP contribution in [0.1, 0.15) is 55.2 Å².